The lowest BCUT2D eigenvalue weighted by Crippen LogP contribution is -2.23. The van der Waals surface area contributed by atoms with Gasteiger partial charge in [0.2, 0.25) is 5.91 Å². The second-order valence-electron chi connectivity index (χ2n) is 8.34. The Morgan fingerprint density at radius 2 is 1.83 bits per heavy atom. The highest BCUT2D eigenvalue weighted by Crippen LogP contribution is 2.29. The first-order valence-electron chi connectivity index (χ1n) is 9.60. The quantitative estimate of drug-likeness (QED) is 0.673. The van der Waals surface area contributed by atoms with Gasteiger partial charge in [0.25, 0.3) is 0 Å². The third kappa shape index (κ3) is 4.13. The Balaban J connectivity index is 1.86. The highest BCUT2D eigenvalue weighted by molar-refractivity contribution is 5.91. The van der Waals surface area contributed by atoms with Crippen molar-refractivity contribution in [2.45, 2.75) is 59.9 Å². The van der Waals surface area contributed by atoms with Gasteiger partial charge in [0.05, 0.1) is 16.9 Å². The molecule has 5 nitrogen and oxygen atoms in total. The predicted octanol–water partition coefficient (Wildman–Crippen LogP) is 4.96. The molecule has 0 unspecified atom stereocenters. The number of rotatable bonds is 4. The van der Waals surface area contributed by atoms with Gasteiger partial charge in [0.15, 0.2) is 5.65 Å². The number of nitrogens with zero attached hydrogens (tertiary/aromatic N) is 3. The van der Waals surface area contributed by atoms with Crippen LogP contribution in [0, 0.1) is 32.4 Å². The van der Waals surface area contributed by atoms with E-state index in [4.69, 9.17) is 4.98 Å². The number of halogens is 2. The molecular weight excluding hydrogens is 374 g/mol. The van der Waals surface area contributed by atoms with Crippen LogP contribution in [0.25, 0.3) is 11.0 Å². The van der Waals surface area contributed by atoms with Gasteiger partial charge in [-0.3, -0.25) is 4.79 Å². The van der Waals surface area contributed by atoms with Crippen LogP contribution in [0.1, 0.15) is 49.7 Å². The molecule has 0 spiro atoms. The van der Waals surface area contributed by atoms with Crippen LogP contribution in [0.5, 0.6) is 0 Å². The van der Waals surface area contributed by atoms with E-state index >= 15 is 0 Å². The number of nitrogens with one attached hydrogen (secondary N) is 1. The summed E-state index contributed by atoms with van der Waals surface area (Å²) in [5.74, 6) is -1.65. The zero-order chi connectivity index (χ0) is 21.5. The zero-order valence-electron chi connectivity index (χ0n) is 17.7. The van der Waals surface area contributed by atoms with Crippen molar-refractivity contribution < 1.29 is 13.6 Å². The molecular formula is C22H26F2N4O. The van der Waals surface area contributed by atoms with E-state index in [1.807, 2.05) is 25.5 Å². The third-order valence-electron chi connectivity index (χ3n) is 5.01. The van der Waals surface area contributed by atoms with E-state index in [1.54, 1.807) is 0 Å². The van der Waals surface area contributed by atoms with Crippen LogP contribution in [0.4, 0.5) is 14.5 Å². The van der Waals surface area contributed by atoms with E-state index in [1.165, 1.54) is 0 Å². The lowest BCUT2D eigenvalue weighted by molar-refractivity contribution is -0.116. The molecule has 0 saturated carbocycles. The van der Waals surface area contributed by atoms with E-state index in [2.05, 4.69) is 31.2 Å². The Labute approximate surface area is 169 Å². The van der Waals surface area contributed by atoms with Crippen molar-refractivity contribution in [1.82, 2.24) is 14.8 Å². The molecule has 1 aromatic carbocycles. The van der Waals surface area contributed by atoms with Crippen LogP contribution in [-0.2, 0) is 16.8 Å². The summed E-state index contributed by atoms with van der Waals surface area (Å²) in [6.45, 7) is 12.1. The van der Waals surface area contributed by atoms with E-state index in [9.17, 15) is 13.6 Å². The minimum absolute atomic E-state index is 0.136. The molecule has 0 aliphatic rings. The number of hydrogen-bond donors (Lipinski definition) is 1. The Kier molecular flexibility index (Phi) is 5.43. The van der Waals surface area contributed by atoms with Gasteiger partial charge in [0.1, 0.15) is 11.6 Å². The second kappa shape index (κ2) is 7.54. The number of aromatic nitrogens is 3. The molecule has 0 fully saturated rings. The van der Waals surface area contributed by atoms with Gasteiger partial charge in [0, 0.05) is 23.6 Å². The average molecular weight is 400 g/mol. The number of pyridine rings is 1. The van der Waals surface area contributed by atoms with Gasteiger partial charge in [-0.1, -0.05) is 0 Å². The zero-order valence-corrected chi connectivity index (χ0v) is 17.7. The van der Waals surface area contributed by atoms with E-state index < -0.39 is 11.6 Å². The monoisotopic (exact) mass is 400 g/mol. The molecule has 2 aromatic heterocycles. The second-order valence-corrected chi connectivity index (χ2v) is 8.34. The number of anilines is 1. The Hall–Kier alpha value is -2.83. The van der Waals surface area contributed by atoms with Crippen molar-refractivity contribution in [2.75, 3.05) is 5.32 Å². The molecule has 154 valence electrons. The largest absolute Gasteiger partial charge is 0.324 e. The number of hydrogen-bond acceptors (Lipinski definition) is 3. The number of amides is 1. The van der Waals surface area contributed by atoms with E-state index in [0.717, 1.165) is 51.7 Å². The minimum Gasteiger partial charge on any atom is -0.324 e. The summed E-state index contributed by atoms with van der Waals surface area (Å²) in [6, 6.07) is 2.98. The Morgan fingerprint density at radius 1 is 1.14 bits per heavy atom. The summed E-state index contributed by atoms with van der Waals surface area (Å²) in [7, 11) is 0. The van der Waals surface area contributed by atoms with Gasteiger partial charge >= 0.3 is 0 Å². The van der Waals surface area contributed by atoms with Gasteiger partial charge in [-0.25, -0.2) is 18.4 Å². The highest BCUT2D eigenvalue weighted by atomic mass is 19.1. The fraction of sp³-hybridized carbons (Fsp3) is 0.409. The van der Waals surface area contributed by atoms with Gasteiger partial charge in [-0.05, 0) is 71.2 Å². The fourth-order valence-corrected chi connectivity index (χ4v) is 3.59. The maximum absolute atomic E-state index is 13.7. The van der Waals surface area contributed by atoms with Crippen molar-refractivity contribution in [3.63, 3.8) is 0 Å². The van der Waals surface area contributed by atoms with Crippen LogP contribution in [-0.4, -0.2) is 20.7 Å². The number of carbonyl (C=O) groups excluding carboxylic acids is 1. The van der Waals surface area contributed by atoms with Crippen molar-refractivity contribution in [3.8, 4) is 0 Å². The standard InChI is InChI=1S/C22H26F2N4O/c1-12-16(8-10-19(29)26-18-11-15(23)7-9-17(18)24)13(2)25-21-20(12)14(3)27-28(21)22(4,5)6/h7,9,11H,8,10H2,1-6H3,(H,26,29). The lowest BCUT2D eigenvalue weighted by atomic mass is 9.99. The molecule has 0 aliphatic heterocycles. The molecule has 0 atom stereocenters. The van der Waals surface area contributed by atoms with Crippen LogP contribution < -0.4 is 5.32 Å². The Morgan fingerprint density at radius 3 is 2.48 bits per heavy atom. The smallest absolute Gasteiger partial charge is 0.224 e. The summed E-state index contributed by atoms with van der Waals surface area (Å²) in [6.07, 6.45) is 0.584. The maximum atomic E-state index is 13.7. The molecule has 0 bridgehead atoms. The summed E-state index contributed by atoms with van der Waals surface area (Å²) in [4.78, 5) is 17.1. The number of aryl methyl sites for hydroxylation is 3. The number of fused-ring (bicyclic) bond motifs is 1. The first kappa shape index (κ1) is 20.9. The summed E-state index contributed by atoms with van der Waals surface area (Å²) in [5.41, 5.74) is 4.24. The molecule has 1 N–H and O–H groups in total. The molecule has 3 aromatic rings. The number of carbonyl (C=O) groups is 1. The van der Waals surface area contributed by atoms with E-state index in [0.29, 0.717) is 6.42 Å². The van der Waals surface area contributed by atoms with Gasteiger partial charge in [-0.2, -0.15) is 5.10 Å². The van der Waals surface area contributed by atoms with Gasteiger partial charge in [-0.15, -0.1) is 0 Å². The molecule has 29 heavy (non-hydrogen) atoms. The molecule has 0 radical (unpaired) electrons. The first-order chi connectivity index (χ1) is 13.5. The van der Waals surface area contributed by atoms with E-state index in [-0.39, 0.29) is 23.6 Å². The summed E-state index contributed by atoms with van der Waals surface area (Å²) < 4.78 is 29.0. The van der Waals surface area contributed by atoms with Crippen LogP contribution in [0.2, 0.25) is 0 Å². The normalized spacial score (nSPS) is 11.9. The van der Waals surface area contributed by atoms with Crippen molar-refractivity contribution in [1.29, 1.82) is 0 Å². The third-order valence-corrected chi connectivity index (χ3v) is 5.01. The lowest BCUT2D eigenvalue weighted by Gasteiger charge is -2.20. The maximum Gasteiger partial charge on any atom is 0.224 e. The molecule has 1 amide bonds. The fourth-order valence-electron chi connectivity index (χ4n) is 3.59. The minimum atomic E-state index is -0.666. The molecule has 7 heteroatoms. The van der Waals surface area contributed by atoms with Crippen molar-refractivity contribution in [3.05, 3.63) is 52.3 Å². The summed E-state index contributed by atoms with van der Waals surface area (Å²) in [5, 5.41) is 8.11. The molecule has 0 aliphatic carbocycles. The highest BCUT2D eigenvalue weighted by Gasteiger charge is 2.23. The molecule has 0 saturated heterocycles. The van der Waals surface area contributed by atoms with Crippen molar-refractivity contribution >= 4 is 22.6 Å². The predicted molar refractivity (Wildman–Crippen MR) is 110 cm³/mol. The average Bonchev–Trinajstić information content (AvgIpc) is 2.94. The van der Waals surface area contributed by atoms with Crippen LogP contribution >= 0.6 is 0 Å². The first-order valence-corrected chi connectivity index (χ1v) is 9.60. The van der Waals surface area contributed by atoms with Gasteiger partial charge < -0.3 is 5.32 Å². The van der Waals surface area contributed by atoms with Crippen LogP contribution in [0.3, 0.4) is 0 Å². The summed E-state index contributed by atoms with van der Waals surface area (Å²) >= 11 is 0. The molecule has 2 heterocycles. The molecule has 3 rings (SSSR count). The Bertz CT molecular complexity index is 1100. The van der Waals surface area contributed by atoms with Crippen molar-refractivity contribution in [2.24, 2.45) is 0 Å². The number of benzene rings is 1. The van der Waals surface area contributed by atoms with Crippen LogP contribution in [0.15, 0.2) is 18.2 Å². The SMILES string of the molecule is Cc1nc2c(c(C)nn2C(C)(C)C)c(C)c1CCC(=O)Nc1cc(F)ccc1F. The topological polar surface area (TPSA) is 59.8 Å².